The second kappa shape index (κ2) is 9.13. The van der Waals surface area contributed by atoms with Crippen molar-refractivity contribution in [3.63, 3.8) is 0 Å². The second-order valence-corrected chi connectivity index (χ2v) is 8.60. The Kier molecular flexibility index (Phi) is 6.33. The van der Waals surface area contributed by atoms with Crippen LogP contribution >= 0.6 is 11.6 Å². The Balaban J connectivity index is 1.43. The maximum atomic E-state index is 13.8. The summed E-state index contributed by atoms with van der Waals surface area (Å²) in [6.45, 7) is 2.12. The fourth-order valence-corrected chi connectivity index (χ4v) is 4.86. The zero-order valence-corrected chi connectivity index (χ0v) is 17.8. The summed E-state index contributed by atoms with van der Waals surface area (Å²) in [6.07, 6.45) is 6.88. The highest BCUT2D eigenvalue weighted by Crippen LogP contribution is 2.39. The van der Waals surface area contributed by atoms with Crippen molar-refractivity contribution in [3.8, 4) is 0 Å². The molecule has 1 aliphatic rings. The van der Waals surface area contributed by atoms with Gasteiger partial charge in [0.2, 0.25) is 0 Å². The van der Waals surface area contributed by atoms with Crippen molar-refractivity contribution in [2.45, 2.75) is 51.0 Å². The van der Waals surface area contributed by atoms with Gasteiger partial charge in [-0.15, -0.1) is 0 Å². The van der Waals surface area contributed by atoms with Crippen molar-refractivity contribution in [2.75, 3.05) is 0 Å². The van der Waals surface area contributed by atoms with Crippen LogP contribution in [0.2, 0.25) is 5.02 Å². The summed E-state index contributed by atoms with van der Waals surface area (Å²) in [6, 6.07) is 14.0. The predicted octanol–water partition coefficient (Wildman–Crippen LogP) is 6.51. The van der Waals surface area contributed by atoms with Gasteiger partial charge in [0, 0.05) is 28.2 Å². The molecular formula is C25H26ClFN2O. The summed E-state index contributed by atoms with van der Waals surface area (Å²) >= 11 is 5.92. The van der Waals surface area contributed by atoms with Gasteiger partial charge in [-0.3, -0.25) is 9.78 Å². The highest BCUT2D eigenvalue weighted by molar-refractivity contribution is 6.30. The lowest BCUT2D eigenvalue weighted by molar-refractivity contribution is 0.0909. The lowest BCUT2D eigenvalue weighted by Crippen LogP contribution is -2.41. The zero-order valence-electron chi connectivity index (χ0n) is 17.1. The van der Waals surface area contributed by atoms with Gasteiger partial charge in [-0.25, -0.2) is 4.39 Å². The van der Waals surface area contributed by atoms with Crippen LogP contribution in [0.15, 0.2) is 54.7 Å². The molecule has 1 atom stereocenters. The van der Waals surface area contributed by atoms with E-state index in [-0.39, 0.29) is 17.8 Å². The Morgan fingerprint density at radius 2 is 1.87 bits per heavy atom. The first kappa shape index (κ1) is 20.8. The molecule has 5 heteroatoms. The fraction of sp³-hybridized carbons (Fsp3) is 0.360. The third kappa shape index (κ3) is 4.49. The van der Waals surface area contributed by atoms with Crippen molar-refractivity contribution in [1.29, 1.82) is 0 Å². The number of carbonyl (C=O) groups excluding carboxylic acids is 1. The zero-order chi connectivity index (χ0) is 21.1. The van der Waals surface area contributed by atoms with E-state index in [9.17, 15) is 9.18 Å². The van der Waals surface area contributed by atoms with E-state index in [0.717, 1.165) is 43.0 Å². The number of rotatable bonds is 5. The van der Waals surface area contributed by atoms with E-state index in [1.165, 1.54) is 11.6 Å². The summed E-state index contributed by atoms with van der Waals surface area (Å²) in [4.78, 5) is 17.0. The Morgan fingerprint density at radius 1 is 1.13 bits per heavy atom. The molecular weight excluding hydrogens is 399 g/mol. The number of nitrogens with zero attached hydrogens (tertiary/aromatic N) is 1. The van der Waals surface area contributed by atoms with Crippen LogP contribution in [0.3, 0.4) is 0 Å². The van der Waals surface area contributed by atoms with Crippen molar-refractivity contribution in [2.24, 2.45) is 5.92 Å². The molecule has 4 rings (SSSR count). The summed E-state index contributed by atoms with van der Waals surface area (Å²) in [5, 5.41) is 4.77. The highest BCUT2D eigenvalue weighted by atomic mass is 35.5. The highest BCUT2D eigenvalue weighted by Gasteiger charge is 2.29. The van der Waals surface area contributed by atoms with E-state index in [4.69, 9.17) is 11.6 Å². The average Bonchev–Trinajstić information content (AvgIpc) is 2.77. The normalized spacial score (nSPS) is 20.1. The van der Waals surface area contributed by atoms with Crippen LogP contribution < -0.4 is 5.32 Å². The van der Waals surface area contributed by atoms with Gasteiger partial charge < -0.3 is 5.32 Å². The molecule has 1 amide bonds. The maximum absolute atomic E-state index is 13.8. The first-order valence-electron chi connectivity index (χ1n) is 10.7. The molecule has 1 saturated carbocycles. The first-order chi connectivity index (χ1) is 14.5. The number of fused-ring (bicyclic) bond motifs is 1. The number of hydrogen-bond acceptors (Lipinski definition) is 2. The van der Waals surface area contributed by atoms with Crippen LogP contribution in [0.1, 0.15) is 60.9 Å². The molecule has 156 valence electrons. The van der Waals surface area contributed by atoms with Crippen molar-refractivity contribution >= 4 is 28.4 Å². The minimum Gasteiger partial charge on any atom is -0.349 e. The molecule has 3 nitrogen and oxygen atoms in total. The van der Waals surface area contributed by atoms with Gasteiger partial charge in [0.05, 0.1) is 5.52 Å². The molecule has 1 fully saturated rings. The topological polar surface area (TPSA) is 42.0 Å². The second-order valence-electron chi connectivity index (χ2n) is 8.17. The SMILES string of the molecule is CC[C@@H](NC(=O)c1ccc(Cl)cc1)C1CCC(c2ccnc3ccc(F)cc23)CC1. The first-order valence-corrected chi connectivity index (χ1v) is 11.0. The van der Waals surface area contributed by atoms with Crippen LogP contribution in [0.4, 0.5) is 4.39 Å². The molecule has 0 bridgehead atoms. The molecule has 0 radical (unpaired) electrons. The summed E-state index contributed by atoms with van der Waals surface area (Å²) in [5.74, 6) is 0.586. The molecule has 1 heterocycles. The number of pyridine rings is 1. The predicted molar refractivity (Wildman–Crippen MR) is 119 cm³/mol. The smallest absolute Gasteiger partial charge is 0.251 e. The minimum atomic E-state index is -0.221. The quantitative estimate of drug-likeness (QED) is 0.507. The lowest BCUT2D eigenvalue weighted by atomic mass is 9.75. The van der Waals surface area contributed by atoms with Crippen LogP contribution in [-0.2, 0) is 0 Å². The van der Waals surface area contributed by atoms with E-state index < -0.39 is 0 Å². The Labute approximate surface area is 181 Å². The third-order valence-electron chi connectivity index (χ3n) is 6.38. The maximum Gasteiger partial charge on any atom is 0.251 e. The van der Waals surface area contributed by atoms with E-state index in [2.05, 4.69) is 17.2 Å². The fourth-order valence-electron chi connectivity index (χ4n) is 4.73. The Bertz CT molecular complexity index is 1030. The van der Waals surface area contributed by atoms with E-state index >= 15 is 0 Å². The van der Waals surface area contributed by atoms with E-state index in [1.54, 1.807) is 36.4 Å². The van der Waals surface area contributed by atoms with E-state index in [1.807, 2.05) is 12.3 Å². The number of benzene rings is 2. The summed E-state index contributed by atoms with van der Waals surface area (Å²) in [7, 11) is 0. The van der Waals surface area contributed by atoms with Crippen molar-refractivity contribution < 1.29 is 9.18 Å². The number of halogens is 2. The molecule has 1 aliphatic carbocycles. The van der Waals surface area contributed by atoms with Crippen molar-refractivity contribution in [3.05, 3.63) is 76.7 Å². The number of amides is 1. The lowest BCUT2D eigenvalue weighted by Gasteiger charge is -2.34. The molecule has 0 aliphatic heterocycles. The monoisotopic (exact) mass is 424 g/mol. The van der Waals surface area contributed by atoms with Crippen LogP contribution in [-0.4, -0.2) is 16.9 Å². The van der Waals surface area contributed by atoms with Crippen LogP contribution in [0, 0.1) is 11.7 Å². The van der Waals surface area contributed by atoms with Gasteiger partial charge >= 0.3 is 0 Å². The van der Waals surface area contributed by atoms with Crippen LogP contribution in [0.25, 0.3) is 10.9 Å². The van der Waals surface area contributed by atoms with Gasteiger partial charge in [-0.05, 0) is 98.0 Å². The summed E-state index contributed by atoms with van der Waals surface area (Å²) < 4.78 is 13.8. The number of carbonyl (C=O) groups is 1. The average molecular weight is 425 g/mol. The van der Waals surface area contributed by atoms with Gasteiger partial charge in [0.15, 0.2) is 0 Å². The van der Waals surface area contributed by atoms with Gasteiger partial charge in [-0.1, -0.05) is 18.5 Å². The van der Waals surface area contributed by atoms with Crippen LogP contribution in [0.5, 0.6) is 0 Å². The number of aromatic nitrogens is 1. The molecule has 2 aromatic carbocycles. The standard InChI is InChI=1S/C25H26ClFN2O/c1-2-23(29-25(30)18-7-9-19(26)10-8-18)17-5-3-16(4-6-17)21-13-14-28-24-12-11-20(27)15-22(21)24/h7-17,23H,2-6H2,1H3,(H,29,30)/t16?,17?,23-/m1/s1. The number of hydrogen-bond donors (Lipinski definition) is 1. The third-order valence-corrected chi connectivity index (χ3v) is 6.63. The summed E-state index contributed by atoms with van der Waals surface area (Å²) in [5.41, 5.74) is 2.67. The number of nitrogens with one attached hydrogen (secondary N) is 1. The minimum absolute atomic E-state index is 0.0451. The Hall–Kier alpha value is -2.46. The molecule has 1 N–H and O–H groups in total. The molecule has 0 saturated heterocycles. The molecule has 0 spiro atoms. The van der Waals surface area contributed by atoms with Gasteiger partial charge in [0.25, 0.3) is 5.91 Å². The molecule has 0 unspecified atom stereocenters. The van der Waals surface area contributed by atoms with E-state index in [0.29, 0.717) is 22.4 Å². The van der Waals surface area contributed by atoms with Gasteiger partial charge in [-0.2, -0.15) is 0 Å². The van der Waals surface area contributed by atoms with Gasteiger partial charge in [0.1, 0.15) is 5.82 Å². The molecule has 1 aromatic heterocycles. The molecule has 3 aromatic rings. The largest absolute Gasteiger partial charge is 0.349 e. The molecule has 30 heavy (non-hydrogen) atoms. The van der Waals surface area contributed by atoms with Crippen molar-refractivity contribution in [1.82, 2.24) is 10.3 Å². The Morgan fingerprint density at radius 3 is 2.57 bits per heavy atom.